The molecule has 0 aliphatic heterocycles. The van der Waals surface area contributed by atoms with Crippen molar-refractivity contribution in [1.29, 1.82) is 0 Å². The number of hydrogen-bond donors (Lipinski definition) is 2. The summed E-state index contributed by atoms with van der Waals surface area (Å²) in [6.45, 7) is 1.96. The van der Waals surface area contributed by atoms with Crippen LogP contribution in [0.5, 0.6) is 11.5 Å². The van der Waals surface area contributed by atoms with Gasteiger partial charge in [-0.2, -0.15) is 0 Å². The summed E-state index contributed by atoms with van der Waals surface area (Å²) in [5.74, 6) is 0.638. The van der Waals surface area contributed by atoms with Crippen LogP contribution >= 0.6 is 11.3 Å². The average molecular weight is 509 g/mol. The van der Waals surface area contributed by atoms with Gasteiger partial charge in [0.25, 0.3) is 0 Å². The molecule has 0 bridgehead atoms. The Labute approximate surface area is 208 Å². The Kier molecular flexibility index (Phi) is 6.81. The lowest BCUT2D eigenvalue weighted by Crippen LogP contribution is -2.08. The predicted octanol–water partition coefficient (Wildman–Crippen LogP) is 5.46. The molecule has 0 amide bonds. The third-order valence-electron chi connectivity index (χ3n) is 5.39. The first kappa shape index (κ1) is 24.3. The molecule has 180 valence electrons. The Balaban J connectivity index is 1.86. The Hall–Kier alpha value is -3.82. The molecule has 0 aliphatic carbocycles. The molecular weight excluding hydrogens is 484 g/mol. The quantitative estimate of drug-likeness (QED) is 0.304. The molecule has 9 heteroatoms. The van der Waals surface area contributed by atoms with Crippen LogP contribution < -0.4 is 20.5 Å². The Morgan fingerprint density at radius 2 is 1.57 bits per heavy atom. The Bertz CT molecular complexity index is 1480. The van der Waals surface area contributed by atoms with E-state index in [9.17, 15) is 13.2 Å². The number of aryl methyl sites for hydroxylation is 1. The number of thiophene rings is 1. The van der Waals surface area contributed by atoms with E-state index in [1.165, 1.54) is 26.4 Å². The number of nitrogens with one attached hydrogen (secondary N) is 1. The molecule has 7 nitrogen and oxygen atoms in total. The predicted molar refractivity (Wildman–Crippen MR) is 138 cm³/mol. The van der Waals surface area contributed by atoms with Crippen LogP contribution in [0.25, 0.3) is 0 Å². The Morgan fingerprint density at radius 3 is 2.20 bits per heavy atom. The molecule has 3 aromatic carbocycles. The molecule has 4 aromatic rings. The highest BCUT2D eigenvalue weighted by Crippen LogP contribution is 2.44. The summed E-state index contributed by atoms with van der Waals surface area (Å²) in [6.07, 6.45) is 0. The van der Waals surface area contributed by atoms with Crippen molar-refractivity contribution in [2.45, 2.75) is 16.7 Å². The standard InChI is InChI=1S/C26H24N2O5S2/c1-16-7-9-18(10-8-16)28-26-25(35(30,31)21-13-11-19(32-2)12-14-21)22(27)24(34-26)23(29)17-5-4-6-20(15-17)33-3/h4-15,28H,27H2,1-3H3. The zero-order valence-corrected chi connectivity index (χ0v) is 21.0. The zero-order chi connectivity index (χ0) is 25.2. The summed E-state index contributed by atoms with van der Waals surface area (Å²) >= 11 is 1.00. The molecule has 0 saturated carbocycles. The minimum absolute atomic E-state index is 0.0372. The zero-order valence-electron chi connectivity index (χ0n) is 19.4. The molecule has 0 spiro atoms. The van der Waals surface area contributed by atoms with E-state index in [-0.39, 0.29) is 25.4 Å². The second-order valence-electron chi connectivity index (χ2n) is 7.73. The first-order chi connectivity index (χ1) is 16.7. The SMILES string of the molecule is COc1ccc(S(=O)(=O)c2c(Nc3ccc(C)cc3)sc(C(=O)c3cccc(OC)c3)c2N)cc1. The van der Waals surface area contributed by atoms with Crippen molar-refractivity contribution < 1.29 is 22.7 Å². The van der Waals surface area contributed by atoms with Crippen LogP contribution in [0, 0.1) is 6.92 Å². The second-order valence-corrected chi connectivity index (χ2v) is 10.6. The number of rotatable bonds is 8. The molecule has 0 atom stereocenters. The first-order valence-electron chi connectivity index (χ1n) is 10.6. The van der Waals surface area contributed by atoms with Crippen molar-refractivity contribution in [2.75, 3.05) is 25.3 Å². The Morgan fingerprint density at radius 1 is 0.914 bits per heavy atom. The summed E-state index contributed by atoms with van der Waals surface area (Å²) in [6, 6.07) is 20.1. The van der Waals surface area contributed by atoms with Gasteiger partial charge in [0, 0.05) is 11.3 Å². The largest absolute Gasteiger partial charge is 0.497 e. The van der Waals surface area contributed by atoms with Crippen LogP contribution in [0.4, 0.5) is 16.4 Å². The van der Waals surface area contributed by atoms with Crippen LogP contribution in [-0.4, -0.2) is 28.4 Å². The minimum atomic E-state index is -4.07. The van der Waals surface area contributed by atoms with Crippen LogP contribution in [0.3, 0.4) is 0 Å². The third kappa shape index (κ3) is 4.87. The summed E-state index contributed by atoms with van der Waals surface area (Å²) in [5, 5.41) is 3.40. The molecular formula is C26H24N2O5S2. The van der Waals surface area contributed by atoms with Crippen molar-refractivity contribution in [3.05, 3.63) is 88.8 Å². The van der Waals surface area contributed by atoms with Gasteiger partial charge in [0.15, 0.2) is 0 Å². The van der Waals surface area contributed by atoms with E-state index in [2.05, 4.69) is 5.32 Å². The highest BCUT2D eigenvalue weighted by molar-refractivity contribution is 7.92. The van der Waals surface area contributed by atoms with Crippen molar-refractivity contribution in [2.24, 2.45) is 0 Å². The number of hydrogen-bond acceptors (Lipinski definition) is 8. The molecule has 1 aromatic heterocycles. The van der Waals surface area contributed by atoms with E-state index in [0.717, 1.165) is 16.9 Å². The lowest BCUT2D eigenvalue weighted by Gasteiger charge is -2.10. The maximum atomic E-state index is 13.7. The van der Waals surface area contributed by atoms with Gasteiger partial charge in [-0.05, 0) is 55.5 Å². The number of sulfone groups is 1. The summed E-state index contributed by atoms with van der Waals surface area (Å²) in [7, 11) is -1.06. The maximum Gasteiger partial charge on any atom is 0.211 e. The van der Waals surface area contributed by atoms with E-state index in [1.807, 2.05) is 31.2 Å². The fraction of sp³-hybridized carbons (Fsp3) is 0.115. The number of benzene rings is 3. The number of anilines is 3. The summed E-state index contributed by atoms with van der Waals surface area (Å²) in [4.78, 5) is 13.4. The molecule has 35 heavy (non-hydrogen) atoms. The number of ketones is 1. The van der Waals surface area contributed by atoms with Crippen LogP contribution in [0.1, 0.15) is 20.8 Å². The monoisotopic (exact) mass is 508 g/mol. The van der Waals surface area contributed by atoms with Crippen molar-refractivity contribution in [3.63, 3.8) is 0 Å². The van der Waals surface area contributed by atoms with Gasteiger partial charge in [0.05, 0.1) is 24.8 Å². The van der Waals surface area contributed by atoms with E-state index >= 15 is 0 Å². The first-order valence-corrected chi connectivity index (χ1v) is 12.9. The second kappa shape index (κ2) is 9.81. The molecule has 0 fully saturated rings. The van der Waals surface area contributed by atoms with E-state index in [0.29, 0.717) is 22.7 Å². The number of nitrogen functional groups attached to an aromatic ring is 1. The molecule has 0 unspecified atom stereocenters. The molecule has 0 radical (unpaired) electrons. The van der Waals surface area contributed by atoms with E-state index in [4.69, 9.17) is 15.2 Å². The highest BCUT2D eigenvalue weighted by atomic mass is 32.2. The number of carbonyl (C=O) groups is 1. The van der Waals surface area contributed by atoms with Gasteiger partial charge in [-0.25, -0.2) is 8.42 Å². The summed E-state index contributed by atoms with van der Waals surface area (Å²) in [5.41, 5.74) is 8.35. The van der Waals surface area contributed by atoms with Crippen molar-refractivity contribution in [3.8, 4) is 11.5 Å². The lowest BCUT2D eigenvalue weighted by molar-refractivity contribution is 0.104. The fourth-order valence-electron chi connectivity index (χ4n) is 3.48. The number of nitrogens with two attached hydrogens (primary N) is 1. The van der Waals surface area contributed by atoms with Crippen LogP contribution in [0.2, 0.25) is 0 Å². The average Bonchev–Trinajstić information content (AvgIpc) is 3.21. The van der Waals surface area contributed by atoms with Crippen molar-refractivity contribution in [1.82, 2.24) is 0 Å². The van der Waals surface area contributed by atoms with Gasteiger partial charge >= 0.3 is 0 Å². The number of ether oxygens (including phenoxy) is 2. The fourth-order valence-corrected chi connectivity index (χ4v) is 6.42. The summed E-state index contributed by atoms with van der Waals surface area (Å²) < 4.78 is 37.8. The third-order valence-corrected chi connectivity index (χ3v) is 8.49. The lowest BCUT2D eigenvalue weighted by atomic mass is 10.1. The number of carbonyl (C=O) groups excluding carboxylic acids is 1. The molecule has 1 heterocycles. The van der Waals surface area contributed by atoms with Gasteiger partial charge in [-0.15, -0.1) is 11.3 Å². The molecule has 3 N–H and O–H groups in total. The smallest absolute Gasteiger partial charge is 0.211 e. The van der Waals surface area contributed by atoms with Gasteiger partial charge < -0.3 is 20.5 Å². The van der Waals surface area contributed by atoms with E-state index < -0.39 is 15.6 Å². The van der Waals surface area contributed by atoms with Gasteiger partial charge in [-0.3, -0.25) is 4.79 Å². The van der Waals surface area contributed by atoms with Crippen LogP contribution in [-0.2, 0) is 9.84 Å². The van der Waals surface area contributed by atoms with E-state index in [1.54, 1.807) is 36.4 Å². The molecule has 0 aliphatic rings. The maximum absolute atomic E-state index is 13.7. The normalized spacial score (nSPS) is 11.2. The van der Waals surface area contributed by atoms with Gasteiger partial charge in [0.2, 0.25) is 15.6 Å². The topological polar surface area (TPSA) is 108 Å². The highest BCUT2D eigenvalue weighted by Gasteiger charge is 2.32. The number of methoxy groups -OCH3 is 2. The van der Waals surface area contributed by atoms with Gasteiger partial charge in [0.1, 0.15) is 26.3 Å². The van der Waals surface area contributed by atoms with Gasteiger partial charge in [-0.1, -0.05) is 29.8 Å². The molecule has 0 saturated heterocycles. The van der Waals surface area contributed by atoms with Crippen molar-refractivity contribution >= 4 is 43.3 Å². The minimum Gasteiger partial charge on any atom is -0.497 e. The van der Waals surface area contributed by atoms with Crippen LogP contribution in [0.15, 0.2) is 82.6 Å². The molecule has 4 rings (SSSR count).